The molecule has 0 aliphatic rings. The van der Waals surface area contributed by atoms with Gasteiger partial charge in [-0.1, -0.05) is 0 Å². The molecular weight excluding hydrogens is 212 g/mol. The molecule has 1 aromatic heterocycles. The Morgan fingerprint density at radius 2 is 2.27 bits per heavy atom. The quantitative estimate of drug-likeness (QED) is 0.698. The minimum absolute atomic E-state index is 0.220. The summed E-state index contributed by atoms with van der Waals surface area (Å²) < 4.78 is 0. The van der Waals surface area contributed by atoms with Crippen LogP contribution >= 0.6 is 11.6 Å². The van der Waals surface area contributed by atoms with Gasteiger partial charge < -0.3 is 15.8 Å². The summed E-state index contributed by atoms with van der Waals surface area (Å²) in [6.07, 6.45) is 1.24. The fourth-order valence-corrected chi connectivity index (χ4v) is 1.92. The van der Waals surface area contributed by atoms with Crippen molar-refractivity contribution in [3.05, 3.63) is 35.5 Å². The summed E-state index contributed by atoms with van der Waals surface area (Å²) in [6, 6.07) is 5.78. The largest absolute Gasteiger partial charge is 0.387 e. The lowest BCUT2D eigenvalue weighted by atomic mass is 10.0. The number of aromatic nitrogens is 1. The molecule has 4 N–H and O–H groups in total. The van der Waals surface area contributed by atoms with Gasteiger partial charge in [0.1, 0.15) is 0 Å². The van der Waals surface area contributed by atoms with Crippen LogP contribution in [0.2, 0.25) is 0 Å². The Morgan fingerprint density at radius 1 is 1.47 bits per heavy atom. The molecule has 3 nitrogen and oxygen atoms in total. The maximum Gasteiger partial charge on any atom is 0.0912 e. The molecule has 0 bridgehead atoms. The number of aliphatic hydroxyl groups is 1. The molecule has 0 aliphatic heterocycles. The summed E-state index contributed by atoms with van der Waals surface area (Å²) in [5, 5.41) is 10.7. The van der Waals surface area contributed by atoms with Gasteiger partial charge in [0.05, 0.1) is 6.10 Å². The Kier molecular flexibility index (Phi) is 2.95. The number of rotatable bonds is 3. The van der Waals surface area contributed by atoms with Crippen molar-refractivity contribution in [2.45, 2.75) is 12.0 Å². The van der Waals surface area contributed by atoms with Crippen LogP contribution in [0.25, 0.3) is 10.9 Å². The average Bonchev–Trinajstić information content (AvgIpc) is 2.74. The first-order valence-corrected chi connectivity index (χ1v) is 5.33. The van der Waals surface area contributed by atoms with E-state index in [9.17, 15) is 5.11 Å². The fourth-order valence-electron chi connectivity index (χ4n) is 1.71. The van der Waals surface area contributed by atoms with Gasteiger partial charge in [0.2, 0.25) is 0 Å². The number of nitrogens with one attached hydrogen (secondary N) is 1. The summed E-state index contributed by atoms with van der Waals surface area (Å²) in [6.45, 7) is 0.220. The van der Waals surface area contributed by atoms with Crippen LogP contribution in [0.1, 0.15) is 17.2 Å². The summed E-state index contributed by atoms with van der Waals surface area (Å²) in [7, 11) is 0. The Labute approximate surface area is 92.9 Å². The van der Waals surface area contributed by atoms with Gasteiger partial charge in [-0.3, -0.25) is 0 Å². The SMILES string of the molecule is NCC(O)c1cc(CCl)c2[nH]ccc2c1. The number of halogens is 1. The van der Waals surface area contributed by atoms with Gasteiger partial charge in [-0.15, -0.1) is 11.6 Å². The van der Waals surface area contributed by atoms with E-state index in [-0.39, 0.29) is 6.54 Å². The molecule has 0 radical (unpaired) electrons. The summed E-state index contributed by atoms with van der Waals surface area (Å²) in [5.74, 6) is 0.419. The number of benzene rings is 1. The van der Waals surface area contributed by atoms with E-state index in [2.05, 4.69) is 4.98 Å². The van der Waals surface area contributed by atoms with E-state index >= 15 is 0 Å². The second-order valence-electron chi connectivity index (χ2n) is 3.51. The van der Waals surface area contributed by atoms with Crippen molar-refractivity contribution in [1.82, 2.24) is 4.98 Å². The van der Waals surface area contributed by atoms with Gasteiger partial charge in [-0.05, 0) is 29.3 Å². The molecule has 4 heteroatoms. The van der Waals surface area contributed by atoms with Crippen molar-refractivity contribution in [3.63, 3.8) is 0 Å². The van der Waals surface area contributed by atoms with Crippen molar-refractivity contribution in [2.75, 3.05) is 6.54 Å². The molecule has 80 valence electrons. The van der Waals surface area contributed by atoms with Crippen molar-refractivity contribution in [1.29, 1.82) is 0 Å². The van der Waals surface area contributed by atoms with E-state index in [1.54, 1.807) is 0 Å². The second kappa shape index (κ2) is 4.23. The monoisotopic (exact) mass is 224 g/mol. The highest BCUT2D eigenvalue weighted by Crippen LogP contribution is 2.24. The van der Waals surface area contributed by atoms with E-state index in [1.165, 1.54) is 0 Å². The number of alkyl halides is 1. The van der Waals surface area contributed by atoms with Crippen LogP contribution in [0, 0.1) is 0 Å². The molecule has 0 saturated carbocycles. The van der Waals surface area contributed by atoms with E-state index in [4.69, 9.17) is 17.3 Å². The highest BCUT2D eigenvalue weighted by Gasteiger charge is 2.09. The minimum atomic E-state index is -0.619. The fraction of sp³-hybridized carbons (Fsp3) is 0.273. The minimum Gasteiger partial charge on any atom is -0.387 e. The Morgan fingerprint density at radius 3 is 2.93 bits per heavy atom. The third kappa shape index (κ3) is 1.86. The standard InChI is InChI=1S/C11H13ClN2O/c12-5-9-4-8(10(15)6-13)3-7-1-2-14-11(7)9/h1-4,10,14-15H,5-6,13H2. The average molecular weight is 225 g/mol. The highest BCUT2D eigenvalue weighted by molar-refractivity contribution is 6.17. The summed E-state index contributed by atoms with van der Waals surface area (Å²) in [5.41, 5.74) is 8.26. The van der Waals surface area contributed by atoms with E-state index in [1.807, 2.05) is 24.4 Å². The van der Waals surface area contributed by atoms with Crippen LogP contribution in [0.3, 0.4) is 0 Å². The van der Waals surface area contributed by atoms with Gasteiger partial charge in [0.25, 0.3) is 0 Å². The molecule has 1 unspecified atom stereocenters. The summed E-state index contributed by atoms with van der Waals surface area (Å²) >= 11 is 5.85. The molecule has 0 spiro atoms. The predicted molar refractivity (Wildman–Crippen MR) is 61.9 cm³/mol. The number of H-pyrrole nitrogens is 1. The zero-order valence-corrected chi connectivity index (χ0v) is 8.96. The molecule has 2 aromatic rings. The maximum atomic E-state index is 9.67. The Balaban J connectivity index is 2.58. The number of aromatic amines is 1. The zero-order valence-electron chi connectivity index (χ0n) is 8.20. The lowest BCUT2D eigenvalue weighted by molar-refractivity contribution is 0.187. The van der Waals surface area contributed by atoms with Gasteiger partial charge in [0, 0.05) is 29.5 Å². The van der Waals surface area contributed by atoms with Crippen molar-refractivity contribution in [3.8, 4) is 0 Å². The topological polar surface area (TPSA) is 62.0 Å². The maximum absolute atomic E-state index is 9.67. The molecule has 0 saturated heterocycles. The second-order valence-corrected chi connectivity index (χ2v) is 3.77. The van der Waals surface area contributed by atoms with Gasteiger partial charge in [0.15, 0.2) is 0 Å². The van der Waals surface area contributed by atoms with Crippen LogP contribution in [-0.2, 0) is 5.88 Å². The van der Waals surface area contributed by atoms with Crippen LogP contribution in [0.5, 0.6) is 0 Å². The van der Waals surface area contributed by atoms with Gasteiger partial charge in [-0.25, -0.2) is 0 Å². The third-order valence-electron chi connectivity index (χ3n) is 2.52. The lowest BCUT2D eigenvalue weighted by Gasteiger charge is -2.10. The molecule has 0 aliphatic carbocycles. The molecule has 2 rings (SSSR count). The molecule has 15 heavy (non-hydrogen) atoms. The van der Waals surface area contributed by atoms with Gasteiger partial charge in [-0.2, -0.15) is 0 Å². The van der Waals surface area contributed by atoms with Crippen LogP contribution < -0.4 is 5.73 Å². The highest BCUT2D eigenvalue weighted by atomic mass is 35.5. The van der Waals surface area contributed by atoms with E-state index in [0.29, 0.717) is 5.88 Å². The first-order chi connectivity index (χ1) is 7.26. The predicted octanol–water partition coefficient (Wildman–Crippen LogP) is 1.90. The molecule has 1 aromatic carbocycles. The van der Waals surface area contributed by atoms with Gasteiger partial charge >= 0.3 is 0 Å². The van der Waals surface area contributed by atoms with Crippen molar-refractivity contribution >= 4 is 22.5 Å². The normalized spacial score (nSPS) is 13.3. The smallest absolute Gasteiger partial charge is 0.0912 e. The van der Waals surface area contributed by atoms with Crippen LogP contribution in [-0.4, -0.2) is 16.6 Å². The zero-order chi connectivity index (χ0) is 10.8. The molecule has 0 fully saturated rings. The summed E-state index contributed by atoms with van der Waals surface area (Å²) in [4.78, 5) is 3.13. The molecule has 1 heterocycles. The van der Waals surface area contributed by atoms with Crippen molar-refractivity contribution < 1.29 is 5.11 Å². The molecular formula is C11H13ClN2O. The number of nitrogens with two attached hydrogens (primary N) is 1. The number of aliphatic hydroxyl groups excluding tert-OH is 1. The molecule has 1 atom stereocenters. The third-order valence-corrected chi connectivity index (χ3v) is 2.80. The van der Waals surface area contributed by atoms with E-state index in [0.717, 1.165) is 22.0 Å². The lowest BCUT2D eigenvalue weighted by Crippen LogP contribution is -2.11. The van der Waals surface area contributed by atoms with Crippen LogP contribution in [0.15, 0.2) is 24.4 Å². The molecule has 0 amide bonds. The Hall–Kier alpha value is -1.03. The first-order valence-electron chi connectivity index (χ1n) is 4.80. The number of hydrogen-bond acceptors (Lipinski definition) is 2. The number of hydrogen-bond donors (Lipinski definition) is 3. The van der Waals surface area contributed by atoms with Crippen LogP contribution in [0.4, 0.5) is 0 Å². The van der Waals surface area contributed by atoms with Crippen molar-refractivity contribution in [2.24, 2.45) is 5.73 Å². The first kappa shape index (κ1) is 10.5. The number of fused-ring (bicyclic) bond motifs is 1. The Bertz CT molecular complexity index is 467. The van der Waals surface area contributed by atoms with E-state index < -0.39 is 6.10 Å².